The van der Waals surface area contributed by atoms with Crippen LogP contribution in [0, 0.1) is 5.41 Å². The Morgan fingerprint density at radius 3 is 1.78 bits per heavy atom. The van der Waals surface area contributed by atoms with Gasteiger partial charge < -0.3 is 28.4 Å². The fourth-order valence-corrected chi connectivity index (χ4v) is 3.17. The van der Waals surface area contributed by atoms with E-state index in [-0.39, 0.29) is 0 Å². The van der Waals surface area contributed by atoms with Gasteiger partial charge in [-0.05, 0) is 19.3 Å². The largest absolute Gasteiger partial charge is 0.467 e. The Morgan fingerprint density at radius 2 is 1.34 bits per heavy atom. The number of alkyl halides is 3. The summed E-state index contributed by atoms with van der Waals surface area (Å²) < 4.78 is 32.5. The van der Waals surface area contributed by atoms with E-state index in [9.17, 15) is 4.79 Å². The maximum absolute atomic E-state index is 12.6. The van der Waals surface area contributed by atoms with Gasteiger partial charge in [0.05, 0.1) is 7.11 Å². The van der Waals surface area contributed by atoms with Crippen LogP contribution < -0.4 is 0 Å². The van der Waals surface area contributed by atoms with Crippen LogP contribution in [-0.2, 0) is 33.2 Å². The van der Waals surface area contributed by atoms with Crippen molar-refractivity contribution >= 4 is 46.7 Å². The van der Waals surface area contributed by atoms with Gasteiger partial charge in [0, 0.05) is 19.8 Å². The number of rotatable bonds is 14. The Morgan fingerprint density at radius 1 is 0.875 bits per heavy atom. The second kappa shape index (κ2) is 15.5. The van der Waals surface area contributed by atoms with E-state index in [2.05, 4.69) is 0 Å². The van der Waals surface area contributed by atoms with E-state index in [0.29, 0.717) is 19.8 Å². The Kier molecular flexibility index (Phi) is 14.4. The lowest BCUT2D eigenvalue weighted by atomic mass is 9.97. The lowest BCUT2D eigenvalue weighted by Gasteiger charge is -2.44. The third-order valence-electron chi connectivity index (χ3n) is 4.84. The maximum Gasteiger partial charge on any atom is 0.338 e. The smallest absolute Gasteiger partial charge is 0.338 e. The summed E-state index contributed by atoms with van der Waals surface area (Å²) in [5.74, 6) is -1.31. The maximum atomic E-state index is 12.6. The molecule has 1 heterocycles. The molecule has 8 nitrogen and oxygen atoms in total. The van der Waals surface area contributed by atoms with Gasteiger partial charge in [-0.25, -0.2) is 4.79 Å². The van der Waals surface area contributed by atoms with E-state index in [0.717, 1.165) is 38.5 Å². The molecular weight excluding hydrogens is 485 g/mol. The molecule has 1 N–H and O–H groups in total. The van der Waals surface area contributed by atoms with Crippen LogP contribution >= 0.6 is 34.8 Å². The lowest BCUT2D eigenvalue weighted by molar-refractivity contribution is -0.300. The summed E-state index contributed by atoms with van der Waals surface area (Å²) in [6.45, 7) is 7.34. The number of carbonyl (C=O) groups is 1. The molecule has 0 radical (unpaired) electrons. The minimum absolute atomic E-state index is 0.393. The van der Waals surface area contributed by atoms with Crippen molar-refractivity contribution in [3.05, 3.63) is 0 Å². The van der Waals surface area contributed by atoms with Crippen LogP contribution in [0.15, 0.2) is 0 Å². The number of esters is 1. The van der Waals surface area contributed by atoms with Crippen LogP contribution in [0.3, 0.4) is 0 Å². The number of unbranched alkanes of at least 4 members (excludes halogenated alkanes) is 3. The molecule has 188 valence electrons. The minimum Gasteiger partial charge on any atom is -0.467 e. The second-order valence-electron chi connectivity index (χ2n) is 7.46. The van der Waals surface area contributed by atoms with Crippen LogP contribution in [0.4, 0.5) is 0 Å². The van der Waals surface area contributed by atoms with Gasteiger partial charge in [-0.2, -0.15) is 0 Å². The summed E-state index contributed by atoms with van der Waals surface area (Å²) in [6.07, 6.45) is 0.397. The molecule has 1 aliphatic heterocycles. The fourth-order valence-electron chi connectivity index (χ4n) is 3.03. The molecule has 0 bridgehead atoms. The van der Waals surface area contributed by atoms with Crippen molar-refractivity contribution in [3.63, 3.8) is 0 Å². The zero-order valence-corrected chi connectivity index (χ0v) is 21.5. The van der Waals surface area contributed by atoms with E-state index in [1.54, 1.807) is 0 Å². The first-order chi connectivity index (χ1) is 15.2. The lowest BCUT2D eigenvalue weighted by Crippen LogP contribution is -2.63. The van der Waals surface area contributed by atoms with Gasteiger partial charge in [0.15, 0.2) is 6.10 Å². The number of methoxy groups -OCH3 is 1. The van der Waals surface area contributed by atoms with Gasteiger partial charge in [0.2, 0.25) is 12.2 Å². The van der Waals surface area contributed by atoms with Crippen molar-refractivity contribution in [2.45, 2.75) is 93.8 Å². The van der Waals surface area contributed by atoms with E-state index in [1.165, 1.54) is 7.11 Å². The van der Waals surface area contributed by atoms with Crippen LogP contribution in [0.5, 0.6) is 0 Å². The number of hydrogen-bond donors (Lipinski definition) is 1. The molecule has 1 rings (SSSR count). The third-order valence-corrected chi connectivity index (χ3v) is 5.36. The molecule has 1 fully saturated rings. The highest BCUT2D eigenvalue weighted by Crippen LogP contribution is 2.34. The van der Waals surface area contributed by atoms with Crippen LogP contribution in [-0.4, -0.2) is 73.3 Å². The topological polar surface area (TPSA) is 96.3 Å². The van der Waals surface area contributed by atoms with E-state index in [4.69, 9.17) is 68.6 Å². The number of nitrogens with one attached hydrogen (secondary N) is 1. The molecule has 0 aromatic rings. The minimum atomic E-state index is -2.11. The fraction of sp³-hybridized carbons (Fsp3) is 0.905. The van der Waals surface area contributed by atoms with Gasteiger partial charge >= 0.3 is 5.97 Å². The summed E-state index contributed by atoms with van der Waals surface area (Å²) >= 11 is 17.4. The Hall–Kier alpha value is -0.350. The molecule has 11 heteroatoms. The molecule has 5 atom stereocenters. The highest BCUT2D eigenvalue weighted by atomic mass is 35.6. The summed E-state index contributed by atoms with van der Waals surface area (Å²) in [7, 11) is 1.25. The van der Waals surface area contributed by atoms with Crippen molar-refractivity contribution in [2.75, 3.05) is 26.9 Å². The van der Waals surface area contributed by atoms with Crippen molar-refractivity contribution in [3.8, 4) is 0 Å². The molecule has 0 amide bonds. The van der Waals surface area contributed by atoms with Crippen LogP contribution in [0.1, 0.15) is 59.3 Å². The first-order valence-corrected chi connectivity index (χ1v) is 12.2. The van der Waals surface area contributed by atoms with Crippen LogP contribution in [0.2, 0.25) is 0 Å². The molecule has 32 heavy (non-hydrogen) atoms. The van der Waals surface area contributed by atoms with E-state index in [1.807, 2.05) is 20.8 Å². The highest BCUT2D eigenvalue weighted by molar-refractivity contribution is 6.76. The van der Waals surface area contributed by atoms with Gasteiger partial charge in [-0.1, -0.05) is 74.8 Å². The van der Waals surface area contributed by atoms with Gasteiger partial charge in [-0.3, -0.25) is 5.41 Å². The number of ether oxygens (including phenoxy) is 6. The predicted molar refractivity (Wildman–Crippen MR) is 124 cm³/mol. The molecule has 1 saturated heterocycles. The molecule has 4 unspecified atom stereocenters. The SMILES string of the molecule is CCCCOC1C(OC(=N)C(Cl)(Cl)Cl)OC(C(=O)OC)[C@@H](OCCCC)C1OCCCC. The van der Waals surface area contributed by atoms with Crippen molar-refractivity contribution in [1.29, 1.82) is 5.41 Å². The molecule has 0 spiro atoms. The summed E-state index contributed by atoms with van der Waals surface area (Å²) in [4.78, 5) is 12.6. The standard InChI is InChI=1S/C21H36Cl3NO7/c1-5-8-11-28-14-15(29-12-9-6-2)17(30-13-10-7-3)19(31-16(14)18(26)27-4)32-20(25)21(22,23)24/h14-17,19,25H,5-13H2,1-4H3/t14-,15?,16?,17?,19?/m0/s1. The average Bonchev–Trinajstić information content (AvgIpc) is 2.75. The van der Waals surface area contributed by atoms with Gasteiger partial charge in [0.1, 0.15) is 18.3 Å². The van der Waals surface area contributed by atoms with Crippen molar-refractivity contribution in [1.82, 2.24) is 0 Å². The average molecular weight is 521 g/mol. The zero-order valence-electron chi connectivity index (χ0n) is 19.2. The molecule has 0 aromatic carbocycles. The molecule has 0 aliphatic carbocycles. The Bertz CT molecular complexity index is 562. The van der Waals surface area contributed by atoms with Crippen molar-refractivity contribution < 1.29 is 33.2 Å². The normalized spacial score (nSPS) is 26.0. The first kappa shape index (κ1) is 29.7. The molecular formula is C21H36Cl3NO7. The Labute approximate surface area is 205 Å². The molecule has 1 aliphatic rings. The van der Waals surface area contributed by atoms with E-state index >= 15 is 0 Å². The summed E-state index contributed by atoms with van der Waals surface area (Å²) in [5.41, 5.74) is 0. The number of carbonyl (C=O) groups excluding carboxylic acids is 1. The number of halogens is 3. The highest BCUT2D eigenvalue weighted by Gasteiger charge is 2.53. The van der Waals surface area contributed by atoms with E-state index < -0.39 is 46.4 Å². The quantitative estimate of drug-likeness (QED) is 0.115. The monoisotopic (exact) mass is 519 g/mol. The number of hydrogen-bond acceptors (Lipinski definition) is 8. The van der Waals surface area contributed by atoms with Crippen molar-refractivity contribution in [2.24, 2.45) is 0 Å². The van der Waals surface area contributed by atoms with Gasteiger partial charge in [-0.15, -0.1) is 0 Å². The third kappa shape index (κ3) is 9.49. The second-order valence-corrected chi connectivity index (χ2v) is 9.74. The summed E-state index contributed by atoms with van der Waals surface area (Å²) in [5, 5.41) is 7.98. The zero-order chi connectivity index (χ0) is 24.1. The Balaban J connectivity index is 3.27. The van der Waals surface area contributed by atoms with Gasteiger partial charge in [0.25, 0.3) is 3.79 Å². The molecule has 0 aromatic heterocycles. The van der Waals surface area contributed by atoms with Crippen LogP contribution in [0.25, 0.3) is 0 Å². The molecule has 0 saturated carbocycles. The first-order valence-electron chi connectivity index (χ1n) is 11.1. The summed E-state index contributed by atoms with van der Waals surface area (Å²) in [6, 6.07) is 0. The predicted octanol–water partition coefficient (Wildman–Crippen LogP) is 4.80.